The second-order valence-electron chi connectivity index (χ2n) is 8.29. The van der Waals surface area contributed by atoms with Crippen LogP contribution in [0.15, 0.2) is 18.2 Å². The fourth-order valence-electron chi connectivity index (χ4n) is 3.35. The lowest BCUT2D eigenvalue weighted by Crippen LogP contribution is -2.36. The van der Waals surface area contributed by atoms with Crippen LogP contribution in [0.5, 0.6) is 0 Å². The second kappa shape index (κ2) is 8.00. The number of non-ortho nitro benzene ring substituents is 1. The van der Waals surface area contributed by atoms with Crippen molar-refractivity contribution in [2.45, 2.75) is 39.3 Å². The van der Waals surface area contributed by atoms with E-state index in [2.05, 4.69) is 9.88 Å². The van der Waals surface area contributed by atoms with Gasteiger partial charge in [0.15, 0.2) is 0 Å². The van der Waals surface area contributed by atoms with Crippen LogP contribution in [0.2, 0.25) is 0 Å². The molecule has 0 bridgehead atoms. The molecule has 152 valence electrons. The number of likely N-dealkylation sites (tertiary alicyclic amines) is 1. The molecule has 1 saturated heterocycles. The second-order valence-corrected chi connectivity index (χ2v) is 9.41. The average molecular weight is 407 g/mol. The van der Waals surface area contributed by atoms with E-state index in [1.54, 1.807) is 17.0 Å². The number of amides is 1. The summed E-state index contributed by atoms with van der Waals surface area (Å²) in [6.45, 7) is 8.57. The predicted octanol–water partition coefficient (Wildman–Crippen LogP) is 3.89. The molecule has 0 aliphatic carbocycles. The molecule has 0 spiro atoms. The van der Waals surface area contributed by atoms with Gasteiger partial charge >= 0.3 is 6.09 Å². The van der Waals surface area contributed by atoms with E-state index in [0.29, 0.717) is 19.0 Å². The van der Waals surface area contributed by atoms with Crippen molar-refractivity contribution in [3.05, 3.63) is 33.3 Å². The minimum atomic E-state index is -0.478. The van der Waals surface area contributed by atoms with Crippen LogP contribution in [0.1, 0.15) is 32.2 Å². The number of rotatable bonds is 5. The van der Waals surface area contributed by atoms with Gasteiger partial charge in [-0.3, -0.25) is 15.0 Å². The topological polar surface area (TPSA) is 88.8 Å². The normalized spacial score (nSPS) is 17.5. The Bertz CT molecular complexity index is 876. The number of hydrogen-bond donors (Lipinski definition) is 0. The van der Waals surface area contributed by atoms with Gasteiger partial charge in [-0.05, 0) is 46.2 Å². The Morgan fingerprint density at radius 2 is 2.21 bits per heavy atom. The molecule has 1 unspecified atom stereocenters. The number of fused-ring (bicyclic) bond motifs is 1. The first-order chi connectivity index (χ1) is 13.1. The van der Waals surface area contributed by atoms with Crippen molar-refractivity contribution in [1.82, 2.24) is 14.8 Å². The Kier molecular flexibility index (Phi) is 5.85. The largest absolute Gasteiger partial charge is 0.444 e. The number of carbonyl (C=O) groups is 1. The molecule has 0 N–H and O–H groups in total. The van der Waals surface area contributed by atoms with Crippen molar-refractivity contribution >= 4 is 33.3 Å². The third-order valence-electron chi connectivity index (χ3n) is 4.54. The zero-order chi connectivity index (χ0) is 20.5. The van der Waals surface area contributed by atoms with Gasteiger partial charge in [-0.2, -0.15) is 0 Å². The maximum Gasteiger partial charge on any atom is 0.410 e. The van der Waals surface area contributed by atoms with E-state index in [4.69, 9.17) is 4.74 Å². The number of nitrogens with zero attached hydrogens (tertiary/aromatic N) is 4. The maximum atomic E-state index is 12.2. The van der Waals surface area contributed by atoms with Crippen LogP contribution >= 0.6 is 11.3 Å². The van der Waals surface area contributed by atoms with Gasteiger partial charge in [0.2, 0.25) is 0 Å². The summed E-state index contributed by atoms with van der Waals surface area (Å²) in [5, 5.41) is 11.8. The van der Waals surface area contributed by atoms with E-state index in [1.807, 2.05) is 27.8 Å². The Morgan fingerprint density at radius 3 is 2.89 bits per heavy atom. The summed E-state index contributed by atoms with van der Waals surface area (Å²) in [5.41, 5.74) is 0.397. The number of nitro benzene ring substituents is 1. The molecule has 1 amide bonds. The highest BCUT2D eigenvalue weighted by Gasteiger charge is 2.30. The molecule has 1 aliphatic rings. The van der Waals surface area contributed by atoms with Gasteiger partial charge in [0.25, 0.3) is 5.69 Å². The summed E-state index contributed by atoms with van der Waals surface area (Å²) in [7, 11) is 2.03. The lowest BCUT2D eigenvalue weighted by molar-refractivity contribution is -0.384. The first kappa shape index (κ1) is 20.5. The number of nitro groups is 1. The molecule has 0 radical (unpaired) electrons. The standard InChI is InChI=1S/C19H26N4O4S/c1-19(2,3)27-18(24)22-8-7-13(11-22)10-21(4)12-17-20-15-6-5-14(23(25)26)9-16(15)28-17/h5-6,9,13H,7-8,10-12H2,1-4H3. The van der Waals surface area contributed by atoms with Crippen LogP contribution < -0.4 is 0 Å². The Hall–Kier alpha value is -2.26. The Labute approximate surface area is 168 Å². The first-order valence-electron chi connectivity index (χ1n) is 9.31. The summed E-state index contributed by atoms with van der Waals surface area (Å²) in [5.74, 6) is 0.396. The minimum absolute atomic E-state index is 0.0873. The average Bonchev–Trinajstić information content (AvgIpc) is 3.18. The van der Waals surface area contributed by atoms with Crippen LogP contribution in [0.4, 0.5) is 10.5 Å². The van der Waals surface area contributed by atoms with E-state index in [-0.39, 0.29) is 16.7 Å². The van der Waals surface area contributed by atoms with Crippen molar-refractivity contribution < 1.29 is 14.5 Å². The molecule has 1 aromatic carbocycles. The van der Waals surface area contributed by atoms with Gasteiger partial charge < -0.3 is 9.64 Å². The lowest BCUT2D eigenvalue weighted by atomic mass is 10.1. The molecule has 28 heavy (non-hydrogen) atoms. The zero-order valence-electron chi connectivity index (χ0n) is 16.7. The monoisotopic (exact) mass is 406 g/mol. The molecule has 2 aromatic rings. The highest BCUT2D eigenvalue weighted by atomic mass is 32.1. The summed E-state index contributed by atoms with van der Waals surface area (Å²) < 4.78 is 6.28. The van der Waals surface area contributed by atoms with Gasteiger partial charge in [0.05, 0.1) is 21.7 Å². The van der Waals surface area contributed by atoms with Crippen molar-refractivity contribution in [2.24, 2.45) is 5.92 Å². The molecular weight excluding hydrogens is 380 g/mol. The molecule has 9 heteroatoms. The van der Waals surface area contributed by atoms with Crippen molar-refractivity contribution in [3.63, 3.8) is 0 Å². The first-order valence-corrected chi connectivity index (χ1v) is 10.1. The molecule has 1 aromatic heterocycles. The summed E-state index contributed by atoms with van der Waals surface area (Å²) in [6.07, 6.45) is 0.709. The maximum absolute atomic E-state index is 12.2. The molecule has 8 nitrogen and oxygen atoms in total. The zero-order valence-corrected chi connectivity index (χ0v) is 17.5. The SMILES string of the molecule is CN(Cc1nc2ccc([N+](=O)[O-])cc2s1)CC1CCN(C(=O)OC(C)(C)C)C1. The third kappa shape index (κ3) is 5.17. The number of carbonyl (C=O) groups excluding carboxylic acids is 1. The van der Waals surface area contributed by atoms with E-state index >= 15 is 0 Å². The number of ether oxygens (including phenoxy) is 1. The van der Waals surface area contributed by atoms with Crippen LogP contribution in [0.25, 0.3) is 10.2 Å². The molecule has 1 fully saturated rings. The van der Waals surface area contributed by atoms with Gasteiger partial charge in [-0.1, -0.05) is 0 Å². The highest BCUT2D eigenvalue weighted by molar-refractivity contribution is 7.18. The fourth-order valence-corrected chi connectivity index (χ4v) is 4.43. The van der Waals surface area contributed by atoms with Gasteiger partial charge in [-0.25, -0.2) is 9.78 Å². The van der Waals surface area contributed by atoms with E-state index in [9.17, 15) is 14.9 Å². The molecule has 1 atom stereocenters. The molecule has 1 aliphatic heterocycles. The number of hydrogen-bond acceptors (Lipinski definition) is 7. The van der Waals surface area contributed by atoms with E-state index in [0.717, 1.165) is 34.7 Å². The summed E-state index contributed by atoms with van der Waals surface area (Å²) in [6, 6.07) is 4.76. The van der Waals surface area contributed by atoms with Gasteiger partial charge in [0.1, 0.15) is 10.6 Å². The smallest absolute Gasteiger partial charge is 0.410 e. The summed E-state index contributed by atoms with van der Waals surface area (Å²) >= 11 is 1.49. The Morgan fingerprint density at radius 1 is 1.46 bits per heavy atom. The number of thiazole rings is 1. The minimum Gasteiger partial charge on any atom is -0.444 e. The fraction of sp³-hybridized carbons (Fsp3) is 0.579. The quantitative estimate of drug-likeness (QED) is 0.553. The van der Waals surface area contributed by atoms with Crippen molar-refractivity contribution in [2.75, 3.05) is 26.7 Å². The van der Waals surface area contributed by atoms with Gasteiger partial charge in [0, 0.05) is 31.8 Å². The number of benzene rings is 1. The van der Waals surface area contributed by atoms with Crippen molar-refractivity contribution in [3.8, 4) is 0 Å². The van der Waals surface area contributed by atoms with E-state index < -0.39 is 5.60 Å². The number of aromatic nitrogens is 1. The molecular formula is C19H26N4O4S. The molecule has 3 rings (SSSR count). The van der Waals surface area contributed by atoms with E-state index in [1.165, 1.54) is 17.4 Å². The molecule has 0 saturated carbocycles. The van der Waals surface area contributed by atoms with Crippen LogP contribution in [-0.4, -0.2) is 58.1 Å². The highest BCUT2D eigenvalue weighted by Crippen LogP contribution is 2.27. The van der Waals surface area contributed by atoms with Crippen LogP contribution in [0, 0.1) is 16.0 Å². The summed E-state index contributed by atoms with van der Waals surface area (Å²) in [4.78, 5) is 31.3. The van der Waals surface area contributed by atoms with Gasteiger partial charge in [-0.15, -0.1) is 11.3 Å². The predicted molar refractivity (Wildman–Crippen MR) is 109 cm³/mol. The molecule has 2 heterocycles. The lowest BCUT2D eigenvalue weighted by Gasteiger charge is -2.25. The third-order valence-corrected chi connectivity index (χ3v) is 5.54. The van der Waals surface area contributed by atoms with Crippen LogP contribution in [0.3, 0.4) is 0 Å². The Balaban J connectivity index is 1.54. The van der Waals surface area contributed by atoms with Crippen LogP contribution in [-0.2, 0) is 11.3 Å². The van der Waals surface area contributed by atoms with Crippen molar-refractivity contribution in [1.29, 1.82) is 0 Å².